The summed E-state index contributed by atoms with van der Waals surface area (Å²) in [6.07, 6.45) is 3.55. The van der Waals surface area contributed by atoms with Gasteiger partial charge in [-0.2, -0.15) is 0 Å². The Kier molecular flexibility index (Phi) is 6.18. The van der Waals surface area contributed by atoms with Crippen LogP contribution in [-0.2, 0) is 9.90 Å². The third kappa shape index (κ3) is 5.56. The smallest absolute Gasteiger partial charge is 0.221 e. The Bertz CT molecular complexity index is 93.6. The van der Waals surface area contributed by atoms with E-state index in [9.17, 15) is 9.90 Å². The van der Waals surface area contributed by atoms with Crippen LogP contribution in [0.25, 0.3) is 0 Å². The first kappa shape index (κ1) is 9.43. The number of hydrogen-bond donors (Lipinski definition) is 1. The SMILES string of the molecule is CCCCCC(=O)NC[O]. The number of amides is 1. The molecular formula is C7H14NO2. The van der Waals surface area contributed by atoms with Gasteiger partial charge in [-0.15, -0.1) is 0 Å². The highest BCUT2D eigenvalue weighted by Crippen LogP contribution is 1.97. The Balaban J connectivity index is 3.05. The Morgan fingerprint density at radius 1 is 1.40 bits per heavy atom. The van der Waals surface area contributed by atoms with Crippen LogP contribution in [0.5, 0.6) is 0 Å². The summed E-state index contributed by atoms with van der Waals surface area (Å²) in [5.74, 6) is -0.122. The molecule has 0 saturated carbocycles. The van der Waals surface area contributed by atoms with Gasteiger partial charge in [0.1, 0.15) is 0 Å². The Hall–Kier alpha value is -0.570. The van der Waals surface area contributed by atoms with E-state index in [1.807, 2.05) is 0 Å². The van der Waals surface area contributed by atoms with Crippen molar-refractivity contribution in [1.82, 2.24) is 5.32 Å². The van der Waals surface area contributed by atoms with Crippen LogP contribution in [0.3, 0.4) is 0 Å². The molecule has 3 nitrogen and oxygen atoms in total. The van der Waals surface area contributed by atoms with Gasteiger partial charge in [0.25, 0.3) is 0 Å². The van der Waals surface area contributed by atoms with Gasteiger partial charge in [-0.1, -0.05) is 19.8 Å². The molecule has 0 unspecified atom stereocenters. The average molecular weight is 144 g/mol. The fourth-order valence-corrected chi connectivity index (χ4v) is 0.704. The second-order valence-electron chi connectivity index (χ2n) is 2.20. The lowest BCUT2D eigenvalue weighted by atomic mass is 10.2. The van der Waals surface area contributed by atoms with Gasteiger partial charge in [0.2, 0.25) is 5.91 Å². The quantitative estimate of drug-likeness (QED) is 0.455. The Labute approximate surface area is 61.4 Å². The summed E-state index contributed by atoms with van der Waals surface area (Å²) in [6.45, 7) is 1.58. The highest BCUT2D eigenvalue weighted by Gasteiger charge is 1.97. The second kappa shape index (κ2) is 6.55. The van der Waals surface area contributed by atoms with Crippen molar-refractivity contribution >= 4 is 5.91 Å². The van der Waals surface area contributed by atoms with Crippen LogP contribution in [0, 0.1) is 0 Å². The zero-order valence-corrected chi connectivity index (χ0v) is 6.35. The van der Waals surface area contributed by atoms with Crippen LogP contribution in [0.1, 0.15) is 32.6 Å². The molecule has 10 heavy (non-hydrogen) atoms. The van der Waals surface area contributed by atoms with E-state index in [-0.39, 0.29) is 5.91 Å². The summed E-state index contributed by atoms with van der Waals surface area (Å²) in [6, 6.07) is 0. The summed E-state index contributed by atoms with van der Waals surface area (Å²) in [5, 5.41) is 12.1. The topological polar surface area (TPSA) is 49.0 Å². The minimum Gasteiger partial charge on any atom is -0.331 e. The van der Waals surface area contributed by atoms with Gasteiger partial charge in [0.05, 0.1) is 0 Å². The summed E-state index contributed by atoms with van der Waals surface area (Å²) in [7, 11) is 0. The first-order valence-electron chi connectivity index (χ1n) is 3.66. The van der Waals surface area contributed by atoms with E-state index in [2.05, 4.69) is 12.2 Å². The lowest BCUT2D eigenvalue weighted by molar-refractivity contribution is -0.122. The molecule has 0 aromatic heterocycles. The zero-order valence-electron chi connectivity index (χ0n) is 6.35. The van der Waals surface area contributed by atoms with Crippen LogP contribution in [0.15, 0.2) is 0 Å². The maximum absolute atomic E-state index is 10.6. The molecule has 0 aliphatic rings. The minimum atomic E-state index is -0.495. The molecule has 0 heterocycles. The fraction of sp³-hybridized carbons (Fsp3) is 0.857. The van der Waals surface area contributed by atoms with Gasteiger partial charge in [0, 0.05) is 6.42 Å². The van der Waals surface area contributed by atoms with E-state index in [1.54, 1.807) is 0 Å². The molecular weight excluding hydrogens is 130 g/mol. The van der Waals surface area contributed by atoms with E-state index in [4.69, 9.17) is 0 Å². The van der Waals surface area contributed by atoms with E-state index < -0.39 is 6.73 Å². The molecule has 3 heteroatoms. The predicted octanol–water partition coefficient (Wildman–Crippen LogP) is 1.07. The molecule has 0 aromatic carbocycles. The summed E-state index contributed by atoms with van der Waals surface area (Å²) in [4.78, 5) is 10.6. The van der Waals surface area contributed by atoms with Crippen LogP contribution >= 0.6 is 0 Å². The van der Waals surface area contributed by atoms with E-state index in [1.165, 1.54) is 0 Å². The van der Waals surface area contributed by atoms with Gasteiger partial charge in [-0.05, 0) is 6.42 Å². The molecule has 0 atom stereocenters. The second-order valence-corrected chi connectivity index (χ2v) is 2.20. The number of hydrogen-bond acceptors (Lipinski definition) is 1. The highest BCUT2D eigenvalue weighted by molar-refractivity contribution is 5.75. The summed E-state index contributed by atoms with van der Waals surface area (Å²) < 4.78 is 0. The van der Waals surface area contributed by atoms with Crippen molar-refractivity contribution in [3.05, 3.63) is 0 Å². The standard InChI is InChI=1S/C7H14NO2/c1-2-3-4-5-7(10)8-6-9/h2-6H2,1H3,(H,8,10). The van der Waals surface area contributed by atoms with Crippen LogP contribution < -0.4 is 5.32 Å². The molecule has 0 saturated heterocycles. The molecule has 1 amide bonds. The van der Waals surface area contributed by atoms with Crippen LogP contribution in [0.4, 0.5) is 0 Å². The average Bonchev–Trinajstić information content (AvgIpc) is 1.89. The molecule has 0 rings (SSSR count). The number of unbranched alkanes of at least 4 members (excludes halogenated alkanes) is 2. The van der Waals surface area contributed by atoms with Gasteiger partial charge in [-0.3, -0.25) is 4.79 Å². The summed E-state index contributed by atoms with van der Waals surface area (Å²) in [5.41, 5.74) is 0. The first-order chi connectivity index (χ1) is 4.81. The van der Waals surface area contributed by atoms with Crippen molar-refractivity contribution in [3.63, 3.8) is 0 Å². The largest absolute Gasteiger partial charge is 0.331 e. The molecule has 0 bridgehead atoms. The van der Waals surface area contributed by atoms with E-state index in [0.29, 0.717) is 6.42 Å². The van der Waals surface area contributed by atoms with E-state index >= 15 is 0 Å². The Morgan fingerprint density at radius 3 is 2.60 bits per heavy atom. The van der Waals surface area contributed by atoms with Crippen LogP contribution in [-0.4, -0.2) is 12.6 Å². The zero-order chi connectivity index (χ0) is 7.82. The van der Waals surface area contributed by atoms with Crippen molar-refractivity contribution in [2.24, 2.45) is 0 Å². The third-order valence-electron chi connectivity index (χ3n) is 1.28. The highest BCUT2D eigenvalue weighted by atomic mass is 16.3. The van der Waals surface area contributed by atoms with Crippen molar-refractivity contribution in [2.45, 2.75) is 32.6 Å². The van der Waals surface area contributed by atoms with Crippen LogP contribution in [0.2, 0.25) is 0 Å². The first-order valence-corrected chi connectivity index (χ1v) is 3.66. The van der Waals surface area contributed by atoms with Gasteiger partial charge < -0.3 is 5.32 Å². The predicted molar refractivity (Wildman–Crippen MR) is 37.8 cm³/mol. The Morgan fingerprint density at radius 2 is 2.10 bits per heavy atom. The summed E-state index contributed by atoms with van der Waals surface area (Å²) >= 11 is 0. The van der Waals surface area contributed by atoms with Crippen molar-refractivity contribution in [1.29, 1.82) is 0 Å². The molecule has 1 radical (unpaired) electrons. The number of nitrogens with one attached hydrogen (secondary N) is 1. The monoisotopic (exact) mass is 144 g/mol. The van der Waals surface area contributed by atoms with E-state index in [0.717, 1.165) is 19.3 Å². The fourth-order valence-electron chi connectivity index (χ4n) is 0.704. The number of carbonyl (C=O) groups is 1. The maximum atomic E-state index is 10.6. The molecule has 0 aromatic rings. The van der Waals surface area contributed by atoms with Crippen molar-refractivity contribution in [3.8, 4) is 0 Å². The van der Waals surface area contributed by atoms with Gasteiger partial charge in [0.15, 0.2) is 6.73 Å². The molecule has 1 N–H and O–H groups in total. The lowest BCUT2D eigenvalue weighted by Crippen LogP contribution is -2.22. The molecule has 0 aliphatic heterocycles. The maximum Gasteiger partial charge on any atom is 0.221 e. The molecule has 0 fully saturated rings. The molecule has 0 aliphatic carbocycles. The number of rotatable bonds is 5. The van der Waals surface area contributed by atoms with Gasteiger partial charge >= 0.3 is 0 Å². The molecule has 0 spiro atoms. The lowest BCUT2D eigenvalue weighted by Gasteiger charge is -1.98. The van der Waals surface area contributed by atoms with Crippen molar-refractivity contribution < 1.29 is 9.90 Å². The minimum absolute atomic E-state index is 0.122. The normalized spacial score (nSPS) is 9.40. The third-order valence-corrected chi connectivity index (χ3v) is 1.28. The van der Waals surface area contributed by atoms with Gasteiger partial charge in [-0.25, -0.2) is 5.11 Å². The van der Waals surface area contributed by atoms with Crippen molar-refractivity contribution in [2.75, 3.05) is 6.73 Å². The number of carbonyl (C=O) groups excluding carboxylic acids is 1. The molecule has 59 valence electrons.